The highest BCUT2D eigenvalue weighted by molar-refractivity contribution is 7.80. The second-order valence-corrected chi connectivity index (χ2v) is 6.52. The zero-order valence-corrected chi connectivity index (χ0v) is 12.1. The topological polar surface area (TPSA) is 15.3 Å². The molecule has 2 nitrogen and oxygen atoms in total. The molecule has 0 unspecified atom stereocenters. The van der Waals surface area contributed by atoms with Crippen LogP contribution in [0.25, 0.3) is 0 Å². The molecule has 2 fully saturated rings. The smallest absolute Gasteiger partial charge is 0.169 e. The van der Waals surface area contributed by atoms with Gasteiger partial charge in [0.05, 0.1) is 0 Å². The van der Waals surface area contributed by atoms with Crippen molar-refractivity contribution in [3.63, 3.8) is 0 Å². The van der Waals surface area contributed by atoms with Crippen LogP contribution in [0.2, 0.25) is 0 Å². The van der Waals surface area contributed by atoms with Gasteiger partial charge in [0.15, 0.2) is 5.11 Å². The molecule has 1 aliphatic carbocycles. The molecule has 3 heteroatoms. The third kappa shape index (κ3) is 3.84. The van der Waals surface area contributed by atoms with Gasteiger partial charge in [-0.15, -0.1) is 0 Å². The van der Waals surface area contributed by atoms with Gasteiger partial charge < -0.3 is 10.2 Å². The quantitative estimate of drug-likeness (QED) is 0.724. The van der Waals surface area contributed by atoms with E-state index in [0.717, 1.165) is 30.0 Å². The molecule has 1 saturated heterocycles. The van der Waals surface area contributed by atoms with Gasteiger partial charge in [-0.3, -0.25) is 0 Å². The molecule has 0 aromatic carbocycles. The van der Waals surface area contributed by atoms with Gasteiger partial charge in [-0.2, -0.15) is 0 Å². The molecule has 1 aliphatic heterocycles. The normalized spacial score (nSPS) is 31.3. The third-order valence-electron chi connectivity index (χ3n) is 4.09. The standard InChI is InChI=1S/C14H26N2S/c1-11-8-12(2)10-16(9-11)14(17)15-13-6-4-3-5-7-13/h11-13H,3-10H2,1-2H3,(H,15,17)/t11-,12-/m1/s1. The number of thiocarbonyl (C=S) groups is 1. The second-order valence-electron chi connectivity index (χ2n) is 6.14. The number of likely N-dealkylation sites (tertiary alicyclic amines) is 1. The maximum absolute atomic E-state index is 5.58. The highest BCUT2D eigenvalue weighted by Crippen LogP contribution is 2.22. The first kappa shape index (κ1) is 13.1. The maximum Gasteiger partial charge on any atom is 0.169 e. The number of hydrogen-bond acceptors (Lipinski definition) is 1. The van der Waals surface area contributed by atoms with Crippen LogP contribution < -0.4 is 5.32 Å². The van der Waals surface area contributed by atoms with Crippen molar-refractivity contribution < 1.29 is 0 Å². The Balaban J connectivity index is 1.81. The van der Waals surface area contributed by atoms with Crippen LogP contribution in [0.15, 0.2) is 0 Å². The fraction of sp³-hybridized carbons (Fsp3) is 0.929. The molecule has 1 saturated carbocycles. The molecule has 2 rings (SSSR count). The molecule has 2 aliphatic rings. The first-order valence-corrected chi connectivity index (χ1v) is 7.61. The van der Waals surface area contributed by atoms with Crippen molar-refractivity contribution in [3.8, 4) is 0 Å². The Morgan fingerprint density at radius 2 is 1.65 bits per heavy atom. The predicted molar refractivity (Wildman–Crippen MR) is 77.1 cm³/mol. The molecular formula is C14H26N2S. The van der Waals surface area contributed by atoms with Crippen LogP contribution >= 0.6 is 12.2 Å². The Kier molecular flexibility index (Phi) is 4.66. The molecule has 17 heavy (non-hydrogen) atoms. The average molecular weight is 254 g/mol. The Bertz CT molecular complexity index is 251. The van der Waals surface area contributed by atoms with E-state index in [1.165, 1.54) is 38.5 Å². The molecule has 0 aromatic rings. The van der Waals surface area contributed by atoms with E-state index in [2.05, 4.69) is 24.1 Å². The monoisotopic (exact) mass is 254 g/mol. The summed E-state index contributed by atoms with van der Waals surface area (Å²) in [5, 5.41) is 4.60. The molecule has 98 valence electrons. The van der Waals surface area contributed by atoms with Crippen LogP contribution in [-0.2, 0) is 0 Å². The third-order valence-corrected chi connectivity index (χ3v) is 4.46. The van der Waals surface area contributed by atoms with E-state index in [0.29, 0.717) is 6.04 Å². The number of nitrogens with zero attached hydrogens (tertiary/aromatic N) is 1. The van der Waals surface area contributed by atoms with Crippen LogP contribution in [-0.4, -0.2) is 29.1 Å². The van der Waals surface area contributed by atoms with E-state index >= 15 is 0 Å². The second kappa shape index (κ2) is 6.03. The van der Waals surface area contributed by atoms with Gasteiger partial charge in [0.2, 0.25) is 0 Å². The van der Waals surface area contributed by atoms with Crippen molar-refractivity contribution in [2.45, 2.75) is 58.4 Å². The van der Waals surface area contributed by atoms with Crippen LogP contribution in [0.5, 0.6) is 0 Å². The minimum Gasteiger partial charge on any atom is -0.360 e. The highest BCUT2D eigenvalue weighted by atomic mass is 32.1. The SMILES string of the molecule is C[C@@H]1C[C@@H](C)CN(C(=S)NC2CCCCC2)C1. The Morgan fingerprint density at radius 1 is 1.06 bits per heavy atom. The lowest BCUT2D eigenvalue weighted by molar-refractivity contribution is 0.209. The lowest BCUT2D eigenvalue weighted by Gasteiger charge is -2.38. The number of piperidine rings is 1. The van der Waals surface area contributed by atoms with Gasteiger partial charge >= 0.3 is 0 Å². The zero-order valence-electron chi connectivity index (χ0n) is 11.2. The largest absolute Gasteiger partial charge is 0.360 e. The molecule has 1 heterocycles. The molecule has 1 N–H and O–H groups in total. The lowest BCUT2D eigenvalue weighted by atomic mass is 9.92. The van der Waals surface area contributed by atoms with E-state index in [-0.39, 0.29) is 0 Å². The number of nitrogens with one attached hydrogen (secondary N) is 1. The van der Waals surface area contributed by atoms with E-state index in [4.69, 9.17) is 12.2 Å². The fourth-order valence-electron chi connectivity index (χ4n) is 3.34. The van der Waals surface area contributed by atoms with Gasteiger partial charge in [0.1, 0.15) is 0 Å². The first-order chi connectivity index (χ1) is 8.15. The van der Waals surface area contributed by atoms with Crippen molar-refractivity contribution in [1.29, 1.82) is 0 Å². The van der Waals surface area contributed by atoms with Gasteiger partial charge in [0, 0.05) is 19.1 Å². The molecule has 0 radical (unpaired) electrons. The summed E-state index contributed by atoms with van der Waals surface area (Å²) in [6, 6.07) is 0.642. The number of hydrogen-bond donors (Lipinski definition) is 1. The number of rotatable bonds is 1. The summed E-state index contributed by atoms with van der Waals surface area (Å²) in [6.07, 6.45) is 8.10. The van der Waals surface area contributed by atoms with Gasteiger partial charge in [-0.1, -0.05) is 33.1 Å². The summed E-state index contributed by atoms with van der Waals surface area (Å²) in [5.74, 6) is 1.56. The van der Waals surface area contributed by atoms with Crippen molar-refractivity contribution in [3.05, 3.63) is 0 Å². The summed E-state index contributed by atoms with van der Waals surface area (Å²) >= 11 is 5.58. The molecule has 0 amide bonds. The van der Waals surface area contributed by atoms with Crippen LogP contribution in [0.1, 0.15) is 52.4 Å². The molecule has 0 aromatic heterocycles. The molecule has 0 spiro atoms. The highest BCUT2D eigenvalue weighted by Gasteiger charge is 2.24. The van der Waals surface area contributed by atoms with Crippen molar-refractivity contribution in [2.75, 3.05) is 13.1 Å². The summed E-state index contributed by atoms with van der Waals surface area (Å²) in [6.45, 7) is 6.96. The van der Waals surface area contributed by atoms with E-state index in [1.54, 1.807) is 0 Å². The molecular weight excluding hydrogens is 228 g/mol. The maximum atomic E-state index is 5.58. The summed E-state index contributed by atoms with van der Waals surface area (Å²) in [4.78, 5) is 2.39. The van der Waals surface area contributed by atoms with E-state index in [9.17, 15) is 0 Å². The molecule has 2 atom stereocenters. The van der Waals surface area contributed by atoms with Crippen molar-refractivity contribution in [1.82, 2.24) is 10.2 Å². The van der Waals surface area contributed by atoms with Gasteiger partial charge in [0.25, 0.3) is 0 Å². The minimum absolute atomic E-state index is 0.642. The summed E-state index contributed by atoms with van der Waals surface area (Å²) < 4.78 is 0. The van der Waals surface area contributed by atoms with Gasteiger partial charge in [-0.05, 0) is 43.3 Å². The summed E-state index contributed by atoms with van der Waals surface area (Å²) in [7, 11) is 0. The zero-order chi connectivity index (χ0) is 12.3. The lowest BCUT2D eigenvalue weighted by Crippen LogP contribution is -2.50. The Morgan fingerprint density at radius 3 is 2.24 bits per heavy atom. The van der Waals surface area contributed by atoms with Crippen molar-refractivity contribution in [2.24, 2.45) is 11.8 Å². The summed E-state index contributed by atoms with van der Waals surface area (Å²) in [5.41, 5.74) is 0. The van der Waals surface area contributed by atoms with E-state index < -0.39 is 0 Å². The fourth-order valence-corrected chi connectivity index (χ4v) is 3.66. The van der Waals surface area contributed by atoms with Crippen LogP contribution in [0.3, 0.4) is 0 Å². The van der Waals surface area contributed by atoms with Gasteiger partial charge in [-0.25, -0.2) is 0 Å². The van der Waals surface area contributed by atoms with Crippen LogP contribution in [0, 0.1) is 11.8 Å². The molecule has 0 bridgehead atoms. The first-order valence-electron chi connectivity index (χ1n) is 7.20. The predicted octanol–water partition coefficient (Wildman–Crippen LogP) is 3.17. The Labute approximate surface area is 111 Å². The van der Waals surface area contributed by atoms with Crippen LogP contribution in [0.4, 0.5) is 0 Å². The Hall–Kier alpha value is -0.310. The van der Waals surface area contributed by atoms with Crippen molar-refractivity contribution >= 4 is 17.3 Å². The average Bonchev–Trinajstić information content (AvgIpc) is 2.29. The van der Waals surface area contributed by atoms with E-state index in [1.807, 2.05) is 0 Å². The minimum atomic E-state index is 0.642.